The Labute approximate surface area is 164 Å². The summed E-state index contributed by atoms with van der Waals surface area (Å²) in [7, 11) is -0.905. The predicted molar refractivity (Wildman–Crippen MR) is 110 cm³/mol. The summed E-state index contributed by atoms with van der Waals surface area (Å²) < 4.78 is 12.8. The number of halogens is 1. The lowest BCUT2D eigenvalue weighted by atomic mass is 9.68. The van der Waals surface area contributed by atoms with E-state index in [1.54, 1.807) is 6.20 Å². The zero-order valence-corrected chi connectivity index (χ0v) is 19.9. The fraction of sp³-hybridized carbons (Fsp3) is 0.667. The van der Waals surface area contributed by atoms with Gasteiger partial charge < -0.3 is 8.85 Å². The summed E-state index contributed by atoms with van der Waals surface area (Å²) in [5.41, 5.74) is 0.502. The molecule has 25 heavy (non-hydrogen) atoms. The quantitative estimate of drug-likeness (QED) is 0.458. The van der Waals surface area contributed by atoms with Crippen molar-refractivity contribution in [3.05, 3.63) is 28.5 Å². The zero-order valence-electron chi connectivity index (χ0n) is 15.5. The van der Waals surface area contributed by atoms with E-state index in [0.29, 0.717) is 11.8 Å². The Morgan fingerprint density at radius 2 is 1.96 bits per heavy atom. The Morgan fingerprint density at radius 1 is 1.32 bits per heavy atom. The van der Waals surface area contributed by atoms with Gasteiger partial charge in [-0.2, -0.15) is 5.26 Å². The van der Waals surface area contributed by atoms with Gasteiger partial charge in [0.05, 0.1) is 17.2 Å². The molecule has 2 rings (SSSR count). The van der Waals surface area contributed by atoms with Crippen molar-refractivity contribution < 1.29 is 8.85 Å². The molecule has 0 radical (unpaired) electrons. The summed E-state index contributed by atoms with van der Waals surface area (Å²) in [6, 6.07) is 6.55. The van der Waals surface area contributed by atoms with Gasteiger partial charge in [-0.15, -0.1) is 0 Å². The monoisotopic (exact) mass is 440 g/mol. The highest BCUT2D eigenvalue weighted by atomic mass is 79.9. The van der Waals surface area contributed by atoms with Crippen LogP contribution >= 0.6 is 15.9 Å². The summed E-state index contributed by atoms with van der Waals surface area (Å²) in [5.74, 6) is 1.09. The fourth-order valence-corrected chi connectivity index (χ4v) is 5.77. The second kappa shape index (κ2) is 9.98. The highest BCUT2D eigenvalue weighted by Crippen LogP contribution is 2.42. The van der Waals surface area contributed by atoms with E-state index in [1.807, 2.05) is 12.1 Å². The molecular formula is C18H29BrN2O2Si2. The molecule has 138 valence electrons. The molecular weight excluding hydrogens is 412 g/mol. The summed E-state index contributed by atoms with van der Waals surface area (Å²) in [5, 5.41) is 9.83. The number of hydrogen-bond donors (Lipinski definition) is 0. The van der Waals surface area contributed by atoms with Crippen LogP contribution in [-0.2, 0) is 14.3 Å². The van der Waals surface area contributed by atoms with Crippen LogP contribution in [0.2, 0.25) is 13.1 Å². The Hall–Kier alpha value is -0.526. The highest BCUT2D eigenvalue weighted by molar-refractivity contribution is 9.10. The van der Waals surface area contributed by atoms with Gasteiger partial charge in [0.1, 0.15) is 6.29 Å². The molecule has 1 aromatic rings. The molecule has 1 atom stereocenters. The van der Waals surface area contributed by atoms with Crippen molar-refractivity contribution in [2.75, 3.05) is 0 Å². The van der Waals surface area contributed by atoms with Crippen LogP contribution in [-0.4, -0.2) is 30.8 Å². The van der Waals surface area contributed by atoms with Gasteiger partial charge in [-0.1, -0.05) is 20.0 Å². The van der Waals surface area contributed by atoms with Gasteiger partial charge in [-0.3, -0.25) is 4.98 Å². The van der Waals surface area contributed by atoms with Crippen molar-refractivity contribution in [3.63, 3.8) is 0 Å². The fourth-order valence-electron chi connectivity index (χ4n) is 3.83. The highest BCUT2D eigenvalue weighted by Gasteiger charge is 2.39. The van der Waals surface area contributed by atoms with E-state index in [-0.39, 0.29) is 6.29 Å². The molecule has 1 fully saturated rings. The van der Waals surface area contributed by atoms with E-state index in [0.717, 1.165) is 42.3 Å². The molecule has 0 aromatic carbocycles. The number of pyridine rings is 1. The smallest absolute Gasteiger partial charge is 0.161 e. The van der Waals surface area contributed by atoms with Crippen molar-refractivity contribution in [3.8, 4) is 6.07 Å². The maximum absolute atomic E-state index is 9.83. The van der Waals surface area contributed by atoms with Crippen molar-refractivity contribution in [1.82, 2.24) is 4.98 Å². The van der Waals surface area contributed by atoms with E-state index >= 15 is 0 Å². The van der Waals surface area contributed by atoms with Crippen molar-refractivity contribution in [1.29, 1.82) is 5.26 Å². The van der Waals surface area contributed by atoms with Gasteiger partial charge in [0.25, 0.3) is 0 Å². The van der Waals surface area contributed by atoms with Gasteiger partial charge in [0.15, 0.2) is 19.5 Å². The molecule has 4 nitrogen and oxygen atoms in total. The first-order chi connectivity index (χ1) is 12.0. The van der Waals surface area contributed by atoms with Crippen LogP contribution < -0.4 is 0 Å². The number of rotatable bonds is 8. The minimum Gasteiger partial charge on any atom is -0.400 e. The largest absolute Gasteiger partial charge is 0.400 e. The molecule has 1 aliphatic rings. The lowest BCUT2D eigenvalue weighted by Gasteiger charge is -2.36. The lowest BCUT2D eigenvalue weighted by Crippen LogP contribution is -2.34. The van der Waals surface area contributed by atoms with Gasteiger partial charge in [0, 0.05) is 16.6 Å². The lowest BCUT2D eigenvalue weighted by molar-refractivity contribution is -0.0404. The number of aromatic nitrogens is 1. The summed E-state index contributed by atoms with van der Waals surface area (Å²) >= 11 is 3.42. The van der Waals surface area contributed by atoms with Crippen molar-refractivity contribution >= 4 is 35.5 Å². The molecule has 0 spiro atoms. The Bertz CT molecular complexity index is 565. The number of hydrogen-bond acceptors (Lipinski definition) is 4. The van der Waals surface area contributed by atoms with E-state index in [9.17, 15) is 5.26 Å². The summed E-state index contributed by atoms with van der Waals surface area (Å²) in [6.45, 7) is 6.57. The van der Waals surface area contributed by atoms with Gasteiger partial charge in [-0.25, -0.2) is 0 Å². The van der Waals surface area contributed by atoms with Crippen molar-refractivity contribution in [2.45, 2.75) is 63.8 Å². The second-order valence-corrected chi connectivity index (χ2v) is 9.73. The van der Waals surface area contributed by atoms with Crippen LogP contribution in [0.4, 0.5) is 0 Å². The predicted octanol–water partition coefficient (Wildman–Crippen LogP) is 3.44. The summed E-state index contributed by atoms with van der Waals surface area (Å²) in [4.78, 5) is 4.51. The molecule has 1 heterocycles. The van der Waals surface area contributed by atoms with Crippen LogP contribution in [0.15, 0.2) is 22.8 Å². The van der Waals surface area contributed by atoms with Crippen LogP contribution in [0.1, 0.15) is 44.7 Å². The molecule has 0 aliphatic heterocycles. The zero-order chi connectivity index (χ0) is 18.3. The van der Waals surface area contributed by atoms with E-state index < -0.39 is 24.9 Å². The standard InChI is InChI=1S/C18H29BrN2O2Si2/c1-13(17(22-24-2)23-25-3)10-14-6-8-18(12-20,9-7-14)16-5-4-15(19)11-21-16/h4-5,11,13-14,17H,6-10,24-25H2,1-3H3. The molecule has 0 amide bonds. The third kappa shape index (κ3) is 5.47. The van der Waals surface area contributed by atoms with Gasteiger partial charge in [0.2, 0.25) is 0 Å². The third-order valence-corrected chi connectivity index (χ3v) is 7.01. The van der Waals surface area contributed by atoms with Crippen LogP contribution in [0.25, 0.3) is 0 Å². The Kier molecular flexibility index (Phi) is 8.29. The molecule has 1 saturated carbocycles. The molecule has 1 aromatic heterocycles. The normalized spacial score (nSPS) is 26.9. The molecule has 7 heteroatoms. The minimum absolute atomic E-state index is 0.00382. The third-order valence-electron chi connectivity index (χ3n) is 5.22. The maximum Gasteiger partial charge on any atom is 0.161 e. The molecule has 0 N–H and O–H groups in total. The topological polar surface area (TPSA) is 55.1 Å². The van der Waals surface area contributed by atoms with E-state index in [1.165, 1.54) is 0 Å². The Balaban J connectivity index is 1.95. The minimum atomic E-state index is -0.452. The van der Waals surface area contributed by atoms with E-state index in [4.69, 9.17) is 8.85 Å². The first-order valence-electron chi connectivity index (χ1n) is 9.31. The molecule has 1 aliphatic carbocycles. The maximum atomic E-state index is 9.83. The SMILES string of the molecule is C[SiH2]OC(O[SiH2]C)C(C)CC1CCC(C#N)(c2ccc(Br)cn2)CC1. The first-order valence-corrected chi connectivity index (χ1v) is 14.1. The van der Waals surface area contributed by atoms with Crippen LogP contribution in [0.3, 0.4) is 0 Å². The summed E-state index contributed by atoms with van der Waals surface area (Å²) in [6.07, 6.45) is 6.88. The number of nitrogens with zero attached hydrogens (tertiary/aromatic N) is 2. The molecule has 1 unspecified atom stereocenters. The van der Waals surface area contributed by atoms with Gasteiger partial charge >= 0.3 is 0 Å². The average Bonchev–Trinajstić information content (AvgIpc) is 2.63. The second-order valence-electron chi connectivity index (χ2n) is 6.99. The molecule has 0 saturated heterocycles. The van der Waals surface area contributed by atoms with Gasteiger partial charge in [-0.05, 0) is 66.1 Å². The van der Waals surface area contributed by atoms with Crippen molar-refractivity contribution in [2.24, 2.45) is 11.8 Å². The average molecular weight is 442 g/mol. The molecule has 0 bridgehead atoms. The van der Waals surface area contributed by atoms with E-state index in [2.05, 4.69) is 47.0 Å². The number of nitriles is 1. The van der Waals surface area contributed by atoms with Crippen LogP contribution in [0, 0.1) is 23.2 Å². The van der Waals surface area contributed by atoms with Crippen LogP contribution in [0.5, 0.6) is 0 Å². The first kappa shape index (κ1) is 20.8. The Morgan fingerprint density at radius 3 is 2.44 bits per heavy atom.